The van der Waals surface area contributed by atoms with Crippen molar-refractivity contribution < 1.29 is 4.84 Å². The molecule has 0 aliphatic carbocycles. The van der Waals surface area contributed by atoms with Crippen LogP contribution < -0.4 is 4.84 Å². The Bertz CT molecular complexity index is 716. The van der Waals surface area contributed by atoms with Crippen LogP contribution >= 0.6 is 0 Å². The smallest absolute Gasteiger partial charge is 0.176 e. The van der Waals surface area contributed by atoms with Crippen molar-refractivity contribution in [2.75, 3.05) is 6.61 Å². The van der Waals surface area contributed by atoms with Crippen LogP contribution in [0.3, 0.4) is 0 Å². The zero-order valence-corrected chi connectivity index (χ0v) is 11.8. The molecule has 0 fully saturated rings. The minimum absolute atomic E-state index is 0.680. The molecule has 0 aliphatic rings. The summed E-state index contributed by atoms with van der Waals surface area (Å²) in [5, 5.41) is 0. The zero-order chi connectivity index (χ0) is 13.9. The monoisotopic (exact) mass is 266 g/mol. The van der Waals surface area contributed by atoms with Crippen LogP contribution in [0, 0.1) is 6.92 Å². The third kappa shape index (κ3) is 2.27. The average Bonchev–Trinajstić information content (AvgIpc) is 2.83. The van der Waals surface area contributed by atoms with Crippen molar-refractivity contribution in [3.63, 3.8) is 0 Å². The predicted molar refractivity (Wildman–Crippen MR) is 81.6 cm³/mol. The van der Waals surface area contributed by atoms with E-state index in [0.717, 1.165) is 28.8 Å². The van der Waals surface area contributed by atoms with Crippen molar-refractivity contribution in [2.45, 2.75) is 20.3 Å². The summed E-state index contributed by atoms with van der Waals surface area (Å²) in [4.78, 5) is 10.6. The van der Waals surface area contributed by atoms with Gasteiger partial charge in [0.05, 0.1) is 5.52 Å². The van der Waals surface area contributed by atoms with Gasteiger partial charge in [-0.25, -0.2) is 4.98 Å². The van der Waals surface area contributed by atoms with Gasteiger partial charge in [-0.15, -0.1) is 0 Å². The number of fused-ring (bicyclic) bond motifs is 1. The van der Waals surface area contributed by atoms with Crippen molar-refractivity contribution in [1.82, 2.24) is 9.71 Å². The molecule has 0 bridgehead atoms. The first-order valence-electron chi connectivity index (χ1n) is 6.97. The lowest BCUT2D eigenvalue weighted by molar-refractivity contribution is 0.123. The minimum Gasteiger partial charge on any atom is -0.412 e. The molecule has 3 heteroatoms. The highest BCUT2D eigenvalue weighted by molar-refractivity contribution is 5.80. The lowest BCUT2D eigenvalue weighted by Crippen LogP contribution is -2.13. The van der Waals surface area contributed by atoms with Gasteiger partial charge in [0.2, 0.25) is 0 Å². The Hall–Kier alpha value is -2.29. The van der Waals surface area contributed by atoms with E-state index in [1.54, 1.807) is 0 Å². The fraction of sp³-hybridized carbons (Fsp3) is 0.235. The molecule has 0 N–H and O–H groups in total. The Morgan fingerprint density at radius 1 is 1.10 bits per heavy atom. The van der Waals surface area contributed by atoms with Crippen LogP contribution in [0.15, 0.2) is 48.5 Å². The molecule has 1 heterocycles. The zero-order valence-electron chi connectivity index (χ0n) is 11.8. The average molecular weight is 266 g/mol. The summed E-state index contributed by atoms with van der Waals surface area (Å²) in [7, 11) is 0. The summed E-state index contributed by atoms with van der Waals surface area (Å²) in [5.74, 6) is 0.861. The highest BCUT2D eigenvalue weighted by Crippen LogP contribution is 2.24. The fourth-order valence-electron chi connectivity index (χ4n) is 2.25. The largest absolute Gasteiger partial charge is 0.412 e. The lowest BCUT2D eigenvalue weighted by Gasteiger charge is -2.10. The maximum atomic E-state index is 5.89. The molecule has 3 aromatic rings. The van der Waals surface area contributed by atoms with E-state index in [-0.39, 0.29) is 0 Å². The van der Waals surface area contributed by atoms with Crippen molar-refractivity contribution >= 4 is 11.0 Å². The van der Waals surface area contributed by atoms with E-state index in [1.807, 2.05) is 22.9 Å². The Balaban J connectivity index is 2.19. The lowest BCUT2D eigenvalue weighted by atomic mass is 10.2. The predicted octanol–water partition coefficient (Wildman–Crippen LogP) is 3.85. The van der Waals surface area contributed by atoms with Crippen LogP contribution in [0.1, 0.15) is 18.9 Å². The molecule has 20 heavy (non-hydrogen) atoms. The Morgan fingerprint density at radius 2 is 1.90 bits per heavy atom. The van der Waals surface area contributed by atoms with E-state index >= 15 is 0 Å². The topological polar surface area (TPSA) is 27.1 Å². The number of aryl methyl sites for hydroxylation is 1. The number of aromatic nitrogens is 2. The molecule has 0 spiro atoms. The van der Waals surface area contributed by atoms with Crippen LogP contribution in [0.25, 0.3) is 22.4 Å². The van der Waals surface area contributed by atoms with Gasteiger partial charge < -0.3 is 4.84 Å². The van der Waals surface area contributed by atoms with Gasteiger partial charge >= 0.3 is 0 Å². The molecule has 0 saturated carbocycles. The molecule has 0 atom stereocenters. The summed E-state index contributed by atoms with van der Waals surface area (Å²) in [5.41, 5.74) is 4.26. The molecule has 102 valence electrons. The highest BCUT2D eigenvalue weighted by atomic mass is 16.7. The molecule has 0 aliphatic heterocycles. The van der Waals surface area contributed by atoms with Gasteiger partial charge in [0.1, 0.15) is 12.1 Å². The van der Waals surface area contributed by atoms with Crippen molar-refractivity contribution in [3.8, 4) is 11.4 Å². The van der Waals surface area contributed by atoms with Crippen LogP contribution in [-0.4, -0.2) is 16.3 Å². The van der Waals surface area contributed by atoms with Gasteiger partial charge in [-0.05, 0) is 31.0 Å². The molecule has 0 amide bonds. The first kappa shape index (κ1) is 12.7. The summed E-state index contributed by atoms with van der Waals surface area (Å²) >= 11 is 0. The second-order valence-corrected chi connectivity index (χ2v) is 4.92. The molecular weight excluding hydrogens is 248 g/mol. The number of hydrogen-bond donors (Lipinski definition) is 0. The van der Waals surface area contributed by atoms with Crippen LogP contribution in [0.2, 0.25) is 0 Å². The first-order chi connectivity index (χ1) is 9.79. The van der Waals surface area contributed by atoms with E-state index < -0.39 is 0 Å². The Kier molecular flexibility index (Phi) is 3.42. The molecule has 0 unspecified atom stereocenters. The van der Waals surface area contributed by atoms with Crippen LogP contribution in [-0.2, 0) is 0 Å². The molecule has 3 rings (SSSR count). The normalized spacial score (nSPS) is 10.9. The fourth-order valence-corrected chi connectivity index (χ4v) is 2.25. The third-order valence-corrected chi connectivity index (χ3v) is 3.22. The van der Waals surface area contributed by atoms with E-state index in [9.17, 15) is 0 Å². The second kappa shape index (κ2) is 5.37. The molecule has 0 saturated heterocycles. The highest BCUT2D eigenvalue weighted by Gasteiger charge is 2.13. The summed E-state index contributed by atoms with van der Waals surface area (Å²) in [6.07, 6.45) is 0.972. The van der Waals surface area contributed by atoms with Gasteiger partial charge in [-0.3, -0.25) is 0 Å². The summed E-state index contributed by atoms with van der Waals surface area (Å²) in [6.45, 7) is 4.86. The van der Waals surface area contributed by atoms with E-state index in [4.69, 9.17) is 9.82 Å². The Morgan fingerprint density at radius 3 is 2.65 bits per heavy atom. The second-order valence-electron chi connectivity index (χ2n) is 4.92. The van der Waals surface area contributed by atoms with Gasteiger partial charge in [-0.2, -0.15) is 4.73 Å². The minimum atomic E-state index is 0.680. The van der Waals surface area contributed by atoms with Crippen molar-refractivity contribution in [2.24, 2.45) is 0 Å². The van der Waals surface area contributed by atoms with Gasteiger partial charge in [0, 0.05) is 5.56 Å². The van der Waals surface area contributed by atoms with Gasteiger partial charge in [0.25, 0.3) is 0 Å². The van der Waals surface area contributed by atoms with Crippen molar-refractivity contribution in [1.29, 1.82) is 0 Å². The van der Waals surface area contributed by atoms with Crippen LogP contribution in [0.4, 0.5) is 0 Å². The number of imidazole rings is 1. The number of benzene rings is 2. The van der Waals surface area contributed by atoms with E-state index in [2.05, 4.69) is 44.2 Å². The van der Waals surface area contributed by atoms with Gasteiger partial charge in [0.15, 0.2) is 5.82 Å². The maximum absolute atomic E-state index is 5.89. The number of rotatable bonds is 4. The molecule has 3 nitrogen and oxygen atoms in total. The molecule has 1 aromatic heterocycles. The number of hydrogen-bond acceptors (Lipinski definition) is 2. The molecule has 0 radical (unpaired) electrons. The van der Waals surface area contributed by atoms with Gasteiger partial charge in [-0.1, -0.05) is 43.3 Å². The van der Waals surface area contributed by atoms with E-state index in [1.165, 1.54) is 5.56 Å². The molecular formula is C17H18N2O. The Labute approximate surface area is 118 Å². The number of nitrogens with zero attached hydrogens (tertiary/aromatic N) is 2. The third-order valence-electron chi connectivity index (χ3n) is 3.22. The first-order valence-corrected chi connectivity index (χ1v) is 6.97. The quantitative estimate of drug-likeness (QED) is 0.717. The van der Waals surface area contributed by atoms with Crippen LogP contribution in [0.5, 0.6) is 0 Å². The SMILES string of the molecule is CCCOn1c(-c2ccccc2)nc2cc(C)ccc21. The molecule has 2 aromatic carbocycles. The summed E-state index contributed by atoms with van der Waals surface area (Å²) < 4.78 is 1.85. The standard InChI is InChI=1S/C17H18N2O/c1-3-11-20-19-16-10-9-13(2)12-15(16)18-17(19)14-7-5-4-6-8-14/h4-10,12H,3,11H2,1-2H3. The summed E-state index contributed by atoms with van der Waals surface area (Å²) in [6, 6.07) is 16.4. The van der Waals surface area contributed by atoms with E-state index in [0.29, 0.717) is 6.61 Å². The van der Waals surface area contributed by atoms with Crippen molar-refractivity contribution in [3.05, 3.63) is 54.1 Å². The maximum Gasteiger partial charge on any atom is 0.176 e.